The first-order chi connectivity index (χ1) is 9.58. The second-order valence-corrected chi connectivity index (χ2v) is 3.65. The molecule has 5 nitrogen and oxygen atoms in total. The number of carbonyl (C=O) groups is 1. The molecular weight excluding hydrogens is 263 g/mol. The molecule has 0 bridgehead atoms. The number of benzene rings is 1. The van der Waals surface area contributed by atoms with Crippen LogP contribution < -0.4 is 10.2 Å². The Morgan fingerprint density at radius 3 is 2.65 bits per heavy atom. The molecule has 0 aliphatic carbocycles. The molecule has 0 heterocycles. The van der Waals surface area contributed by atoms with Crippen molar-refractivity contribution in [3.05, 3.63) is 36.8 Å². The van der Waals surface area contributed by atoms with E-state index in [-0.39, 0.29) is 13.1 Å². The number of nitrogens with one attached hydrogen (secondary N) is 1. The molecule has 1 aromatic carbocycles. The largest absolute Gasteiger partial charge is 0.505 e. The highest BCUT2D eigenvalue weighted by molar-refractivity contribution is 5.52. The molecule has 20 heavy (non-hydrogen) atoms. The van der Waals surface area contributed by atoms with E-state index in [0.717, 1.165) is 6.07 Å². The Hall–Kier alpha value is -2.08. The van der Waals surface area contributed by atoms with Gasteiger partial charge in [-0.2, -0.15) is 0 Å². The van der Waals surface area contributed by atoms with Crippen molar-refractivity contribution in [2.24, 2.45) is 0 Å². The number of rotatable bonds is 7. The lowest BCUT2D eigenvalue weighted by Gasteiger charge is -2.23. The number of hydrogen-bond donors (Lipinski definition) is 3. The molecule has 0 saturated carbocycles. The Kier molecular flexibility index (Phi) is 8.78. The maximum atomic E-state index is 13.2. The topological polar surface area (TPSA) is 72.8 Å². The molecule has 1 rings (SSSR count). The minimum Gasteiger partial charge on any atom is -0.505 e. The molecule has 0 aliphatic rings. The van der Waals surface area contributed by atoms with Crippen molar-refractivity contribution in [3.63, 3.8) is 0 Å². The maximum Gasteiger partial charge on any atom is 0.207 e. The first-order valence-electron chi connectivity index (χ1n) is 6.31. The molecule has 0 fully saturated rings. The molecule has 1 unspecified atom stereocenters. The van der Waals surface area contributed by atoms with Gasteiger partial charge in [0.25, 0.3) is 0 Å². The molecule has 1 atom stereocenters. The summed E-state index contributed by atoms with van der Waals surface area (Å²) in [5.74, 6) is -1.19. The predicted molar refractivity (Wildman–Crippen MR) is 77.0 cm³/mol. The third kappa shape index (κ3) is 5.71. The van der Waals surface area contributed by atoms with Crippen molar-refractivity contribution in [1.82, 2.24) is 5.32 Å². The van der Waals surface area contributed by atoms with Crippen molar-refractivity contribution in [3.8, 4) is 5.75 Å². The highest BCUT2D eigenvalue weighted by atomic mass is 19.1. The van der Waals surface area contributed by atoms with E-state index < -0.39 is 17.7 Å². The number of nitrogens with zero attached hydrogens (tertiary/aromatic N) is 1. The fraction of sp³-hybridized carbons (Fsp3) is 0.357. The van der Waals surface area contributed by atoms with Crippen molar-refractivity contribution >= 4 is 12.1 Å². The van der Waals surface area contributed by atoms with E-state index in [1.807, 2.05) is 13.8 Å². The second kappa shape index (κ2) is 9.80. The molecule has 0 aliphatic heterocycles. The fourth-order valence-corrected chi connectivity index (χ4v) is 1.44. The Balaban J connectivity index is 0.00000172. The molecule has 3 N–H and O–H groups in total. The van der Waals surface area contributed by atoms with Crippen LogP contribution in [0, 0.1) is 5.82 Å². The number of phenols is 1. The average molecular weight is 284 g/mol. The number of hydrogen-bond acceptors (Lipinski definition) is 4. The summed E-state index contributed by atoms with van der Waals surface area (Å²) < 4.78 is 13.2. The van der Waals surface area contributed by atoms with Gasteiger partial charge in [-0.25, -0.2) is 4.39 Å². The van der Waals surface area contributed by atoms with Crippen LogP contribution in [0.25, 0.3) is 0 Å². The fourth-order valence-electron chi connectivity index (χ4n) is 1.44. The number of amides is 1. The average Bonchev–Trinajstić information content (AvgIpc) is 2.47. The Morgan fingerprint density at radius 1 is 1.50 bits per heavy atom. The predicted octanol–water partition coefficient (Wildman–Crippen LogP) is 1.61. The zero-order valence-electron chi connectivity index (χ0n) is 11.7. The molecule has 0 spiro atoms. The van der Waals surface area contributed by atoms with E-state index >= 15 is 0 Å². The van der Waals surface area contributed by atoms with Gasteiger partial charge in [0.05, 0.1) is 12.6 Å². The lowest BCUT2D eigenvalue weighted by atomic mass is 10.2. The van der Waals surface area contributed by atoms with Crippen molar-refractivity contribution in [1.29, 1.82) is 0 Å². The van der Waals surface area contributed by atoms with Gasteiger partial charge >= 0.3 is 0 Å². The quantitative estimate of drug-likeness (QED) is 0.665. The summed E-state index contributed by atoms with van der Waals surface area (Å²) in [6.45, 7) is 7.80. The number of aliphatic hydroxyl groups excluding tert-OH is 1. The highest BCUT2D eigenvalue weighted by Gasteiger charge is 2.11. The van der Waals surface area contributed by atoms with Crippen LogP contribution >= 0.6 is 0 Å². The summed E-state index contributed by atoms with van der Waals surface area (Å²) in [5, 5.41) is 21.0. The minimum absolute atomic E-state index is 0.0917. The second-order valence-electron chi connectivity index (χ2n) is 3.65. The number of carbonyl (C=O) groups excluding carboxylic acids is 1. The van der Waals surface area contributed by atoms with E-state index in [1.165, 1.54) is 23.2 Å². The molecule has 1 aromatic rings. The Labute approximate surface area is 118 Å². The third-order valence-corrected chi connectivity index (χ3v) is 2.33. The van der Waals surface area contributed by atoms with Gasteiger partial charge in [0, 0.05) is 18.3 Å². The maximum absolute atomic E-state index is 13.2. The van der Waals surface area contributed by atoms with Crippen LogP contribution in [0.2, 0.25) is 0 Å². The molecule has 0 radical (unpaired) electrons. The SMILES string of the molecule is C=CN(CC(O)CNC=O)c1ccc(O)c(F)c1.CC. The number of phenolic OH excluding ortho intramolecular Hbond substituents is 1. The Bertz CT molecular complexity index is 427. The monoisotopic (exact) mass is 284 g/mol. The standard InChI is InChI=1S/C12H15FN2O3.C2H6/c1-2-15(7-10(17)6-14-8-16)9-3-4-12(18)11(13)5-9;1-2/h2-5,8,10,17-18H,1,6-7H2,(H,14,16);1-2H3. The van der Waals surface area contributed by atoms with Gasteiger partial charge in [-0.15, -0.1) is 0 Å². The summed E-state index contributed by atoms with van der Waals surface area (Å²) in [6.07, 6.45) is 1.10. The summed E-state index contributed by atoms with van der Waals surface area (Å²) in [5.41, 5.74) is 0.449. The van der Waals surface area contributed by atoms with Gasteiger partial charge in [-0.1, -0.05) is 20.4 Å². The first kappa shape index (κ1) is 17.9. The molecule has 0 aromatic heterocycles. The van der Waals surface area contributed by atoms with Gasteiger partial charge < -0.3 is 20.4 Å². The van der Waals surface area contributed by atoms with Crippen molar-refractivity contribution in [2.75, 3.05) is 18.0 Å². The minimum atomic E-state index is -0.815. The van der Waals surface area contributed by atoms with Gasteiger partial charge in [-0.3, -0.25) is 4.79 Å². The van der Waals surface area contributed by atoms with Gasteiger partial charge in [0.15, 0.2) is 11.6 Å². The van der Waals surface area contributed by atoms with E-state index in [9.17, 15) is 14.3 Å². The number of aromatic hydroxyl groups is 1. The molecule has 6 heteroatoms. The lowest BCUT2D eigenvalue weighted by molar-refractivity contribution is -0.109. The van der Waals surface area contributed by atoms with Gasteiger partial charge in [-0.05, 0) is 18.3 Å². The van der Waals surface area contributed by atoms with Crippen LogP contribution in [0.5, 0.6) is 5.75 Å². The van der Waals surface area contributed by atoms with Crippen LogP contribution in [0.1, 0.15) is 13.8 Å². The van der Waals surface area contributed by atoms with Crippen LogP contribution in [0.3, 0.4) is 0 Å². The zero-order valence-corrected chi connectivity index (χ0v) is 11.7. The van der Waals surface area contributed by atoms with Crippen molar-refractivity contribution < 1.29 is 19.4 Å². The van der Waals surface area contributed by atoms with E-state index in [1.54, 1.807) is 0 Å². The number of anilines is 1. The zero-order chi connectivity index (χ0) is 15.5. The van der Waals surface area contributed by atoms with Crippen LogP contribution in [-0.2, 0) is 4.79 Å². The van der Waals surface area contributed by atoms with Crippen LogP contribution in [0.4, 0.5) is 10.1 Å². The number of aliphatic hydroxyl groups is 1. The van der Waals surface area contributed by atoms with Gasteiger partial charge in [0.2, 0.25) is 6.41 Å². The lowest BCUT2D eigenvalue weighted by Crippen LogP contribution is -2.35. The first-order valence-corrected chi connectivity index (χ1v) is 6.31. The summed E-state index contributed by atoms with van der Waals surface area (Å²) in [7, 11) is 0. The van der Waals surface area contributed by atoms with Crippen LogP contribution in [-0.4, -0.2) is 35.8 Å². The van der Waals surface area contributed by atoms with Gasteiger partial charge in [0.1, 0.15) is 0 Å². The summed E-state index contributed by atoms with van der Waals surface area (Å²) >= 11 is 0. The Morgan fingerprint density at radius 2 is 2.15 bits per heavy atom. The van der Waals surface area contributed by atoms with Crippen molar-refractivity contribution in [2.45, 2.75) is 20.0 Å². The third-order valence-electron chi connectivity index (χ3n) is 2.33. The van der Waals surface area contributed by atoms with E-state index in [0.29, 0.717) is 12.1 Å². The van der Waals surface area contributed by atoms with Crippen LogP contribution in [0.15, 0.2) is 31.0 Å². The summed E-state index contributed by atoms with van der Waals surface area (Å²) in [4.78, 5) is 11.6. The van der Waals surface area contributed by atoms with E-state index in [4.69, 9.17) is 5.11 Å². The molecular formula is C14H21FN2O3. The number of halogens is 1. The smallest absolute Gasteiger partial charge is 0.207 e. The molecule has 112 valence electrons. The normalized spacial score (nSPS) is 10.8. The molecule has 0 saturated heterocycles. The van der Waals surface area contributed by atoms with E-state index in [2.05, 4.69) is 11.9 Å². The summed E-state index contributed by atoms with van der Waals surface area (Å²) in [6, 6.07) is 3.86. The highest BCUT2D eigenvalue weighted by Crippen LogP contribution is 2.22. The molecule has 1 amide bonds.